The van der Waals surface area contributed by atoms with Gasteiger partial charge in [0.05, 0.1) is 17.2 Å². The number of aromatic amines is 1. The van der Waals surface area contributed by atoms with Crippen LogP contribution in [-0.4, -0.2) is 29.5 Å². The highest BCUT2D eigenvalue weighted by Crippen LogP contribution is 2.17. The Morgan fingerprint density at radius 2 is 2.17 bits per heavy atom. The van der Waals surface area contributed by atoms with Gasteiger partial charge < -0.3 is 15.6 Å². The van der Waals surface area contributed by atoms with Gasteiger partial charge in [0.2, 0.25) is 0 Å². The van der Waals surface area contributed by atoms with Crippen molar-refractivity contribution < 1.29 is 0 Å². The van der Waals surface area contributed by atoms with E-state index in [-0.39, 0.29) is 0 Å². The number of aliphatic imine (C=N–C) groups is 1. The van der Waals surface area contributed by atoms with Crippen LogP contribution in [0.4, 0.5) is 0 Å². The Balaban J connectivity index is 1.49. The van der Waals surface area contributed by atoms with Crippen molar-refractivity contribution in [2.45, 2.75) is 26.3 Å². The molecule has 1 aromatic carbocycles. The number of rotatable bonds is 6. The second-order valence-electron chi connectivity index (χ2n) is 5.55. The lowest BCUT2D eigenvalue weighted by molar-refractivity contribution is 0.785. The van der Waals surface area contributed by atoms with Crippen LogP contribution >= 0.6 is 11.3 Å². The molecular weight excluding hydrogens is 318 g/mol. The molecular formula is C18H23N5S. The van der Waals surface area contributed by atoms with Crippen LogP contribution in [0.15, 0.2) is 40.8 Å². The number of thiazole rings is 1. The molecule has 0 spiro atoms. The summed E-state index contributed by atoms with van der Waals surface area (Å²) >= 11 is 1.71. The molecule has 0 amide bonds. The van der Waals surface area contributed by atoms with E-state index >= 15 is 0 Å². The second kappa shape index (κ2) is 7.97. The molecule has 0 bridgehead atoms. The van der Waals surface area contributed by atoms with E-state index < -0.39 is 0 Å². The number of para-hydroxylation sites is 1. The fourth-order valence-corrected chi connectivity index (χ4v) is 3.39. The van der Waals surface area contributed by atoms with Crippen LogP contribution in [0.3, 0.4) is 0 Å². The summed E-state index contributed by atoms with van der Waals surface area (Å²) in [6.07, 6.45) is 4.02. The van der Waals surface area contributed by atoms with Gasteiger partial charge in [-0.05, 0) is 24.5 Å². The first-order valence-corrected chi connectivity index (χ1v) is 9.11. The van der Waals surface area contributed by atoms with Crippen molar-refractivity contribution in [3.8, 4) is 0 Å². The summed E-state index contributed by atoms with van der Waals surface area (Å²) in [7, 11) is 1.79. The van der Waals surface area contributed by atoms with Gasteiger partial charge in [-0.25, -0.2) is 4.98 Å². The molecule has 0 saturated carbocycles. The second-order valence-corrected chi connectivity index (χ2v) is 6.49. The Morgan fingerprint density at radius 3 is 2.96 bits per heavy atom. The molecule has 2 aromatic heterocycles. The Kier molecular flexibility index (Phi) is 5.48. The molecule has 6 heteroatoms. The third kappa shape index (κ3) is 3.94. The number of nitrogens with zero attached hydrogens (tertiary/aromatic N) is 2. The lowest BCUT2D eigenvalue weighted by Gasteiger charge is -2.10. The number of H-pyrrole nitrogens is 1. The zero-order valence-corrected chi connectivity index (χ0v) is 14.9. The van der Waals surface area contributed by atoms with Crippen LogP contribution in [0.1, 0.15) is 23.2 Å². The van der Waals surface area contributed by atoms with Crippen molar-refractivity contribution in [1.29, 1.82) is 0 Å². The third-order valence-corrected chi connectivity index (χ3v) is 4.97. The van der Waals surface area contributed by atoms with Crippen molar-refractivity contribution in [2.24, 2.45) is 4.99 Å². The minimum Gasteiger partial charge on any atom is -0.361 e. The van der Waals surface area contributed by atoms with Gasteiger partial charge in [0.15, 0.2) is 5.96 Å². The summed E-state index contributed by atoms with van der Waals surface area (Å²) in [4.78, 5) is 12.1. The molecule has 0 aliphatic heterocycles. The molecule has 2 heterocycles. The minimum atomic E-state index is 0.698. The smallest absolute Gasteiger partial charge is 0.191 e. The molecule has 3 aromatic rings. The number of aromatic nitrogens is 2. The Bertz CT molecular complexity index is 818. The van der Waals surface area contributed by atoms with Crippen molar-refractivity contribution in [1.82, 2.24) is 20.6 Å². The highest BCUT2D eigenvalue weighted by Gasteiger charge is 2.05. The maximum absolute atomic E-state index is 4.56. The predicted octanol–water partition coefficient (Wildman–Crippen LogP) is 3.09. The van der Waals surface area contributed by atoms with Crippen LogP contribution in [0, 0.1) is 0 Å². The summed E-state index contributed by atoms with van der Waals surface area (Å²) in [6.45, 7) is 3.66. The molecule has 3 rings (SSSR count). The molecule has 0 unspecified atom stereocenters. The molecule has 126 valence electrons. The predicted molar refractivity (Wildman–Crippen MR) is 102 cm³/mol. The standard InChI is InChI=1S/C18H23N5S/c1-3-17-23-14(12-24-17)11-22-18(19-2)20-9-8-13-10-21-16-7-5-4-6-15(13)16/h4-7,10,12,21H,3,8-9,11H2,1-2H3,(H2,19,20,22). The van der Waals surface area contributed by atoms with Crippen LogP contribution in [0.2, 0.25) is 0 Å². The third-order valence-electron chi connectivity index (χ3n) is 3.92. The molecule has 3 N–H and O–H groups in total. The van der Waals surface area contributed by atoms with Crippen molar-refractivity contribution in [3.63, 3.8) is 0 Å². The van der Waals surface area contributed by atoms with E-state index in [9.17, 15) is 0 Å². The van der Waals surface area contributed by atoms with E-state index in [0.717, 1.165) is 31.0 Å². The van der Waals surface area contributed by atoms with Crippen LogP contribution in [-0.2, 0) is 19.4 Å². The summed E-state index contributed by atoms with van der Waals surface area (Å²) < 4.78 is 0. The molecule has 0 aliphatic carbocycles. The largest absolute Gasteiger partial charge is 0.361 e. The van der Waals surface area contributed by atoms with Crippen molar-refractivity contribution in [3.05, 3.63) is 52.1 Å². The number of benzene rings is 1. The topological polar surface area (TPSA) is 65.1 Å². The van der Waals surface area contributed by atoms with Gasteiger partial charge in [-0.2, -0.15) is 0 Å². The first kappa shape index (κ1) is 16.5. The molecule has 0 fully saturated rings. The summed E-state index contributed by atoms with van der Waals surface area (Å²) in [5.74, 6) is 0.806. The zero-order chi connectivity index (χ0) is 16.8. The first-order chi connectivity index (χ1) is 11.8. The van der Waals surface area contributed by atoms with E-state index in [4.69, 9.17) is 0 Å². The molecule has 0 radical (unpaired) electrons. The van der Waals surface area contributed by atoms with E-state index in [0.29, 0.717) is 6.54 Å². The van der Waals surface area contributed by atoms with E-state index in [1.165, 1.54) is 21.5 Å². The zero-order valence-electron chi connectivity index (χ0n) is 14.1. The van der Waals surface area contributed by atoms with Gasteiger partial charge in [0, 0.05) is 36.1 Å². The van der Waals surface area contributed by atoms with E-state index in [2.05, 4.69) is 68.4 Å². The van der Waals surface area contributed by atoms with Crippen LogP contribution in [0.25, 0.3) is 10.9 Å². The average molecular weight is 341 g/mol. The summed E-state index contributed by atoms with van der Waals surface area (Å²) in [5, 5.41) is 11.2. The maximum Gasteiger partial charge on any atom is 0.191 e. The minimum absolute atomic E-state index is 0.698. The number of guanidine groups is 1. The van der Waals surface area contributed by atoms with Crippen molar-refractivity contribution in [2.75, 3.05) is 13.6 Å². The molecule has 0 atom stereocenters. The van der Waals surface area contributed by atoms with Crippen LogP contribution < -0.4 is 10.6 Å². The van der Waals surface area contributed by atoms with Gasteiger partial charge >= 0.3 is 0 Å². The van der Waals surface area contributed by atoms with E-state index in [1.807, 2.05) is 0 Å². The first-order valence-electron chi connectivity index (χ1n) is 8.23. The lowest BCUT2D eigenvalue weighted by atomic mass is 10.1. The maximum atomic E-state index is 4.56. The molecule has 5 nitrogen and oxygen atoms in total. The van der Waals surface area contributed by atoms with Gasteiger partial charge in [0.25, 0.3) is 0 Å². The molecule has 0 aliphatic rings. The fourth-order valence-electron chi connectivity index (χ4n) is 2.64. The number of hydrogen-bond acceptors (Lipinski definition) is 3. The number of hydrogen-bond donors (Lipinski definition) is 3. The Hall–Kier alpha value is -2.34. The van der Waals surface area contributed by atoms with Crippen LogP contribution in [0.5, 0.6) is 0 Å². The van der Waals surface area contributed by atoms with Gasteiger partial charge in [0.1, 0.15) is 0 Å². The average Bonchev–Trinajstić information content (AvgIpc) is 3.25. The SMILES string of the molecule is CCc1nc(CNC(=NC)NCCc2c[nH]c3ccccc23)cs1. The van der Waals surface area contributed by atoms with Crippen molar-refractivity contribution >= 4 is 28.2 Å². The number of nitrogens with one attached hydrogen (secondary N) is 3. The Morgan fingerprint density at radius 1 is 1.29 bits per heavy atom. The highest BCUT2D eigenvalue weighted by atomic mass is 32.1. The van der Waals surface area contributed by atoms with E-state index in [1.54, 1.807) is 18.4 Å². The lowest BCUT2D eigenvalue weighted by Crippen LogP contribution is -2.37. The fraction of sp³-hybridized carbons (Fsp3) is 0.333. The number of aryl methyl sites for hydroxylation is 1. The van der Waals surface area contributed by atoms with Gasteiger partial charge in [-0.3, -0.25) is 4.99 Å². The quantitative estimate of drug-likeness (QED) is 0.477. The monoisotopic (exact) mass is 341 g/mol. The van der Waals surface area contributed by atoms with Gasteiger partial charge in [-0.15, -0.1) is 11.3 Å². The Labute approximate surface area is 146 Å². The molecule has 0 saturated heterocycles. The summed E-state index contributed by atoms with van der Waals surface area (Å²) in [5.41, 5.74) is 3.57. The van der Waals surface area contributed by atoms with Gasteiger partial charge in [-0.1, -0.05) is 25.1 Å². The normalized spacial score (nSPS) is 11.8. The molecule has 24 heavy (non-hydrogen) atoms. The summed E-state index contributed by atoms with van der Waals surface area (Å²) in [6, 6.07) is 8.38. The highest BCUT2D eigenvalue weighted by molar-refractivity contribution is 7.09. The number of fused-ring (bicyclic) bond motifs is 1.